The lowest BCUT2D eigenvalue weighted by atomic mass is 10.1. The van der Waals surface area contributed by atoms with E-state index >= 15 is 0 Å². The Kier molecular flexibility index (Phi) is 5.67. The maximum Gasteiger partial charge on any atom is 0.252 e. The molecule has 22 heavy (non-hydrogen) atoms. The zero-order valence-electron chi connectivity index (χ0n) is 12.2. The second kappa shape index (κ2) is 7.94. The zero-order valence-corrected chi connectivity index (χ0v) is 12.2. The SMILES string of the molecule is COCCC(=O)NC(C(=O)Nc1ccn[nH]1)c1ccccc1. The molecule has 0 spiro atoms. The minimum atomic E-state index is -0.783. The van der Waals surface area contributed by atoms with Crippen LogP contribution in [0.1, 0.15) is 18.0 Å². The summed E-state index contributed by atoms with van der Waals surface area (Å²) >= 11 is 0. The molecule has 0 saturated heterocycles. The molecule has 0 aliphatic heterocycles. The number of hydrogen-bond donors (Lipinski definition) is 3. The van der Waals surface area contributed by atoms with Crippen molar-refractivity contribution in [3.05, 3.63) is 48.2 Å². The number of aromatic nitrogens is 2. The number of aromatic amines is 1. The molecule has 0 saturated carbocycles. The minimum Gasteiger partial charge on any atom is -0.384 e. The summed E-state index contributed by atoms with van der Waals surface area (Å²) in [7, 11) is 1.52. The molecule has 116 valence electrons. The molecule has 2 amide bonds. The minimum absolute atomic E-state index is 0.192. The standard InChI is InChI=1S/C15H18N4O3/c1-22-10-8-13(20)18-14(11-5-3-2-4-6-11)15(21)17-12-7-9-16-19-12/h2-7,9,14H,8,10H2,1H3,(H,18,20)(H2,16,17,19,21). The highest BCUT2D eigenvalue weighted by Crippen LogP contribution is 2.15. The number of rotatable bonds is 7. The van der Waals surface area contributed by atoms with Gasteiger partial charge in [-0.05, 0) is 5.56 Å². The van der Waals surface area contributed by atoms with Crippen LogP contribution in [0.25, 0.3) is 0 Å². The number of amides is 2. The second-order valence-electron chi connectivity index (χ2n) is 4.61. The van der Waals surface area contributed by atoms with E-state index in [0.717, 1.165) is 0 Å². The number of methoxy groups -OCH3 is 1. The predicted octanol–water partition coefficient (Wildman–Crippen LogP) is 1.24. The van der Waals surface area contributed by atoms with Crippen LogP contribution in [0.3, 0.4) is 0 Å². The first-order valence-corrected chi connectivity index (χ1v) is 6.84. The lowest BCUT2D eigenvalue weighted by Gasteiger charge is -2.18. The van der Waals surface area contributed by atoms with Crippen LogP contribution < -0.4 is 10.6 Å². The van der Waals surface area contributed by atoms with Crippen molar-refractivity contribution in [3.63, 3.8) is 0 Å². The van der Waals surface area contributed by atoms with Crippen LogP contribution in [0, 0.1) is 0 Å². The largest absolute Gasteiger partial charge is 0.384 e. The van der Waals surface area contributed by atoms with Crippen molar-refractivity contribution in [1.82, 2.24) is 15.5 Å². The summed E-state index contributed by atoms with van der Waals surface area (Å²) in [6, 6.07) is 9.89. The molecule has 2 aromatic rings. The average Bonchev–Trinajstić information content (AvgIpc) is 3.04. The maximum atomic E-state index is 12.4. The fraction of sp³-hybridized carbons (Fsp3) is 0.267. The fourth-order valence-electron chi connectivity index (χ4n) is 1.90. The first kappa shape index (κ1) is 15.7. The number of anilines is 1. The maximum absolute atomic E-state index is 12.4. The van der Waals surface area contributed by atoms with Crippen LogP contribution in [0.4, 0.5) is 5.82 Å². The highest BCUT2D eigenvalue weighted by Gasteiger charge is 2.22. The molecule has 0 radical (unpaired) electrons. The molecule has 1 aromatic carbocycles. The van der Waals surface area contributed by atoms with Crippen molar-refractivity contribution in [3.8, 4) is 0 Å². The fourth-order valence-corrected chi connectivity index (χ4v) is 1.90. The van der Waals surface area contributed by atoms with Crippen molar-refractivity contribution in [2.75, 3.05) is 19.0 Å². The lowest BCUT2D eigenvalue weighted by molar-refractivity contribution is -0.127. The van der Waals surface area contributed by atoms with E-state index < -0.39 is 6.04 Å². The third-order valence-electron chi connectivity index (χ3n) is 2.99. The van der Waals surface area contributed by atoms with E-state index in [1.807, 2.05) is 18.2 Å². The first-order valence-electron chi connectivity index (χ1n) is 6.84. The summed E-state index contributed by atoms with van der Waals surface area (Å²) in [6.07, 6.45) is 1.72. The van der Waals surface area contributed by atoms with Crippen LogP contribution in [-0.4, -0.2) is 35.7 Å². The summed E-state index contributed by atoms with van der Waals surface area (Å²) in [6.45, 7) is 0.301. The van der Waals surface area contributed by atoms with Gasteiger partial charge in [-0.1, -0.05) is 30.3 Å². The number of nitrogens with zero attached hydrogens (tertiary/aromatic N) is 1. The molecule has 1 heterocycles. The van der Waals surface area contributed by atoms with Crippen LogP contribution in [-0.2, 0) is 14.3 Å². The number of nitrogens with one attached hydrogen (secondary N) is 3. The quantitative estimate of drug-likeness (QED) is 0.717. The van der Waals surface area contributed by atoms with Gasteiger partial charge in [0.1, 0.15) is 11.9 Å². The van der Waals surface area contributed by atoms with Crippen molar-refractivity contribution >= 4 is 17.6 Å². The van der Waals surface area contributed by atoms with E-state index in [1.54, 1.807) is 18.2 Å². The van der Waals surface area contributed by atoms with Crippen LogP contribution in [0.5, 0.6) is 0 Å². The van der Waals surface area contributed by atoms with Crippen molar-refractivity contribution in [1.29, 1.82) is 0 Å². The lowest BCUT2D eigenvalue weighted by Crippen LogP contribution is -2.37. The topological polar surface area (TPSA) is 96.1 Å². The molecule has 0 bridgehead atoms. The molecular weight excluding hydrogens is 284 g/mol. The average molecular weight is 302 g/mol. The van der Waals surface area contributed by atoms with Crippen LogP contribution in [0.15, 0.2) is 42.6 Å². The van der Waals surface area contributed by atoms with Gasteiger partial charge >= 0.3 is 0 Å². The smallest absolute Gasteiger partial charge is 0.252 e. The summed E-state index contributed by atoms with van der Waals surface area (Å²) in [5.41, 5.74) is 0.699. The number of benzene rings is 1. The van der Waals surface area contributed by atoms with E-state index in [-0.39, 0.29) is 18.2 Å². The summed E-state index contributed by atoms with van der Waals surface area (Å²) in [4.78, 5) is 24.3. The molecule has 1 aromatic heterocycles. The van der Waals surface area contributed by atoms with E-state index in [0.29, 0.717) is 18.0 Å². The third-order valence-corrected chi connectivity index (χ3v) is 2.99. The normalized spacial score (nSPS) is 11.7. The van der Waals surface area contributed by atoms with E-state index in [1.165, 1.54) is 13.3 Å². The number of ether oxygens (including phenoxy) is 1. The monoisotopic (exact) mass is 302 g/mol. The van der Waals surface area contributed by atoms with Gasteiger partial charge < -0.3 is 15.4 Å². The van der Waals surface area contributed by atoms with E-state index in [9.17, 15) is 9.59 Å². The van der Waals surface area contributed by atoms with E-state index in [2.05, 4.69) is 20.8 Å². The molecule has 7 heteroatoms. The Bertz CT molecular complexity index is 599. The summed E-state index contributed by atoms with van der Waals surface area (Å²) < 4.78 is 4.87. The second-order valence-corrected chi connectivity index (χ2v) is 4.61. The number of H-pyrrole nitrogens is 1. The molecule has 1 atom stereocenters. The van der Waals surface area contributed by atoms with Gasteiger partial charge in [0.2, 0.25) is 5.91 Å². The number of hydrogen-bond acceptors (Lipinski definition) is 4. The van der Waals surface area contributed by atoms with Crippen molar-refractivity contribution in [2.24, 2.45) is 0 Å². The van der Waals surface area contributed by atoms with Gasteiger partial charge in [-0.25, -0.2) is 0 Å². The highest BCUT2D eigenvalue weighted by atomic mass is 16.5. The van der Waals surface area contributed by atoms with Gasteiger partial charge in [-0.2, -0.15) is 5.10 Å². The molecule has 0 aliphatic rings. The van der Waals surface area contributed by atoms with Crippen molar-refractivity contribution < 1.29 is 14.3 Å². The van der Waals surface area contributed by atoms with Crippen molar-refractivity contribution in [2.45, 2.75) is 12.5 Å². The van der Waals surface area contributed by atoms with Gasteiger partial charge in [0.25, 0.3) is 5.91 Å². The summed E-state index contributed by atoms with van der Waals surface area (Å²) in [5, 5.41) is 11.8. The molecule has 0 aliphatic carbocycles. The highest BCUT2D eigenvalue weighted by molar-refractivity contribution is 5.97. The van der Waals surface area contributed by atoms with Crippen LogP contribution in [0.2, 0.25) is 0 Å². The number of carbonyl (C=O) groups excluding carboxylic acids is 2. The predicted molar refractivity (Wildman–Crippen MR) is 81.0 cm³/mol. The van der Waals surface area contributed by atoms with Gasteiger partial charge in [-0.15, -0.1) is 0 Å². The molecular formula is C15H18N4O3. The Balaban J connectivity index is 2.10. The Hall–Kier alpha value is -2.67. The Labute approximate surface area is 128 Å². The van der Waals surface area contributed by atoms with E-state index in [4.69, 9.17) is 4.74 Å². The molecule has 7 nitrogen and oxygen atoms in total. The number of carbonyl (C=O) groups is 2. The van der Waals surface area contributed by atoms with Crippen LogP contribution >= 0.6 is 0 Å². The Morgan fingerprint density at radius 1 is 1.27 bits per heavy atom. The van der Waals surface area contributed by atoms with Gasteiger partial charge in [0.05, 0.1) is 12.8 Å². The molecule has 1 unspecified atom stereocenters. The van der Waals surface area contributed by atoms with Gasteiger partial charge in [0, 0.05) is 19.6 Å². The molecule has 3 N–H and O–H groups in total. The van der Waals surface area contributed by atoms with Gasteiger partial charge in [-0.3, -0.25) is 14.7 Å². The zero-order chi connectivity index (χ0) is 15.8. The Morgan fingerprint density at radius 3 is 2.68 bits per heavy atom. The third kappa shape index (κ3) is 4.42. The Morgan fingerprint density at radius 2 is 2.05 bits per heavy atom. The molecule has 2 rings (SSSR count). The summed E-state index contributed by atoms with van der Waals surface area (Å²) in [5.74, 6) is -0.131. The molecule has 0 fully saturated rings. The van der Waals surface area contributed by atoms with Gasteiger partial charge in [0.15, 0.2) is 0 Å². The first-order chi connectivity index (χ1) is 10.7.